The molecule has 46 valence electrons. The van der Waals surface area contributed by atoms with E-state index in [1.807, 2.05) is 0 Å². The zero-order valence-corrected chi connectivity index (χ0v) is 4.50. The van der Waals surface area contributed by atoms with Crippen molar-refractivity contribution in [3.8, 4) is 0 Å². The lowest BCUT2D eigenvalue weighted by atomic mass is 10.7. The minimum absolute atomic E-state index is 0.296. The van der Waals surface area contributed by atoms with Gasteiger partial charge in [0.1, 0.15) is 0 Å². The molecule has 0 aliphatic carbocycles. The molecule has 0 rings (SSSR count). The Labute approximate surface area is 46.8 Å². The van der Waals surface area contributed by atoms with Gasteiger partial charge in [-0.1, -0.05) is 5.16 Å². The maximum absolute atomic E-state index is 10.1. The van der Waals surface area contributed by atoms with Crippen LogP contribution in [0.3, 0.4) is 0 Å². The number of rotatable bonds is 2. The molecule has 0 amide bonds. The van der Waals surface area contributed by atoms with Gasteiger partial charge < -0.3 is 9.94 Å². The monoisotopic (exact) mass is 117 g/mol. The summed E-state index contributed by atoms with van der Waals surface area (Å²) in [5.74, 6) is -0.630. The Morgan fingerprint density at radius 1 is 2.00 bits per heavy atom. The van der Waals surface area contributed by atoms with Gasteiger partial charge in [0.15, 0.2) is 6.21 Å². The third-order valence-corrected chi connectivity index (χ3v) is 0.450. The predicted molar refractivity (Wildman–Crippen MR) is 26.9 cm³/mol. The van der Waals surface area contributed by atoms with Crippen molar-refractivity contribution in [2.24, 2.45) is 5.16 Å². The van der Waals surface area contributed by atoms with Gasteiger partial charge in [-0.2, -0.15) is 0 Å². The van der Waals surface area contributed by atoms with Gasteiger partial charge in [0, 0.05) is 0 Å². The quantitative estimate of drug-likeness (QED) is 0.240. The number of carbonyl (C=O) groups excluding carboxylic acids is 1. The van der Waals surface area contributed by atoms with Crippen LogP contribution in [-0.4, -0.2) is 24.0 Å². The van der Waals surface area contributed by atoms with E-state index in [-0.39, 0.29) is 0 Å². The molecule has 8 heavy (non-hydrogen) atoms. The second kappa shape index (κ2) is 4.11. The lowest BCUT2D eigenvalue weighted by Crippen LogP contribution is -2.04. The molecule has 1 N–H and O–H groups in total. The Kier molecular flexibility index (Phi) is 3.56. The Hall–Kier alpha value is -1.06. The van der Waals surface area contributed by atoms with E-state index < -0.39 is 5.97 Å². The Morgan fingerprint density at radius 2 is 2.62 bits per heavy atom. The molecular weight excluding hydrogens is 110 g/mol. The predicted octanol–water partition coefficient (Wildman–Crippen LogP) is 0.00950. The number of hydrogen-bond acceptors (Lipinski definition) is 4. The molecule has 0 unspecified atom stereocenters. The molecule has 4 heteroatoms. The van der Waals surface area contributed by atoms with E-state index in [0.29, 0.717) is 12.8 Å². The Bertz CT molecular complexity index is 99.5. The van der Waals surface area contributed by atoms with E-state index in [1.54, 1.807) is 6.92 Å². The number of ether oxygens (including phenoxy) is 1. The smallest absolute Gasteiger partial charge is 0.352 e. The molecule has 0 saturated carbocycles. The zero-order chi connectivity index (χ0) is 6.41. The first kappa shape index (κ1) is 6.94. The summed E-state index contributed by atoms with van der Waals surface area (Å²) in [5, 5.41) is 10.2. The molecule has 0 bridgehead atoms. The van der Waals surface area contributed by atoms with Crippen molar-refractivity contribution in [2.45, 2.75) is 6.92 Å². The molecule has 0 spiro atoms. The number of esters is 1. The van der Waals surface area contributed by atoms with Crippen molar-refractivity contribution in [1.29, 1.82) is 0 Å². The van der Waals surface area contributed by atoms with Gasteiger partial charge in [-0.15, -0.1) is 0 Å². The SMILES string of the molecule is CCOC(=O)/C=N\O. The summed E-state index contributed by atoms with van der Waals surface area (Å²) in [6.07, 6.45) is 0.698. The van der Waals surface area contributed by atoms with Gasteiger partial charge in [-0.25, -0.2) is 4.79 Å². The van der Waals surface area contributed by atoms with Gasteiger partial charge >= 0.3 is 5.97 Å². The number of carbonyl (C=O) groups is 1. The third kappa shape index (κ3) is 3.14. The van der Waals surface area contributed by atoms with E-state index in [0.717, 1.165) is 0 Å². The van der Waals surface area contributed by atoms with E-state index in [4.69, 9.17) is 5.21 Å². The summed E-state index contributed by atoms with van der Waals surface area (Å²) in [6.45, 7) is 1.97. The van der Waals surface area contributed by atoms with Gasteiger partial charge in [0.25, 0.3) is 0 Å². The normalized spacial score (nSPS) is 9.62. The fourth-order valence-corrected chi connectivity index (χ4v) is 0.227. The van der Waals surface area contributed by atoms with Crippen LogP contribution in [0.25, 0.3) is 0 Å². The second-order valence-electron chi connectivity index (χ2n) is 0.997. The van der Waals surface area contributed by atoms with Gasteiger partial charge in [0.2, 0.25) is 0 Å². The second-order valence-corrected chi connectivity index (χ2v) is 0.997. The van der Waals surface area contributed by atoms with Gasteiger partial charge in [-0.3, -0.25) is 0 Å². The van der Waals surface area contributed by atoms with Crippen LogP contribution < -0.4 is 0 Å². The standard InChI is InChI=1S/C4H7NO3/c1-2-8-4(6)3-5-7/h3,7H,2H2,1H3/b5-3-. The molecule has 0 saturated heterocycles. The summed E-state index contributed by atoms with van der Waals surface area (Å²) in [5.41, 5.74) is 0. The van der Waals surface area contributed by atoms with Crippen LogP contribution in [0.2, 0.25) is 0 Å². The van der Waals surface area contributed by atoms with Crippen molar-refractivity contribution in [1.82, 2.24) is 0 Å². The molecule has 0 aromatic heterocycles. The fourth-order valence-electron chi connectivity index (χ4n) is 0.227. The van der Waals surface area contributed by atoms with Crippen LogP contribution >= 0.6 is 0 Å². The highest BCUT2D eigenvalue weighted by atomic mass is 16.5. The molecular formula is C4H7NO3. The molecule has 4 nitrogen and oxygen atoms in total. The molecule has 0 heterocycles. The summed E-state index contributed by atoms with van der Waals surface area (Å²) in [7, 11) is 0. The van der Waals surface area contributed by atoms with E-state index in [1.165, 1.54) is 0 Å². The highest BCUT2D eigenvalue weighted by Crippen LogP contribution is 1.70. The van der Waals surface area contributed by atoms with Crippen molar-refractivity contribution in [3.05, 3.63) is 0 Å². The highest BCUT2D eigenvalue weighted by molar-refractivity contribution is 6.22. The van der Waals surface area contributed by atoms with Crippen molar-refractivity contribution in [3.63, 3.8) is 0 Å². The largest absolute Gasteiger partial charge is 0.462 e. The van der Waals surface area contributed by atoms with Gasteiger partial charge in [-0.05, 0) is 6.92 Å². The van der Waals surface area contributed by atoms with Gasteiger partial charge in [0.05, 0.1) is 6.61 Å². The topological polar surface area (TPSA) is 58.9 Å². The first-order valence-electron chi connectivity index (χ1n) is 2.15. The Balaban J connectivity index is 3.33. The van der Waals surface area contributed by atoms with E-state index >= 15 is 0 Å². The van der Waals surface area contributed by atoms with Crippen LogP contribution in [-0.2, 0) is 9.53 Å². The summed E-state index contributed by atoms with van der Waals surface area (Å²) in [6, 6.07) is 0. The lowest BCUT2D eigenvalue weighted by Gasteiger charge is -1.90. The minimum atomic E-state index is -0.630. The lowest BCUT2D eigenvalue weighted by molar-refractivity contribution is -0.134. The fraction of sp³-hybridized carbons (Fsp3) is 0.500. The molecule has 0 aromatic carbocycles. The summed E-state index contributed by atoms with van der Waals surface area (Å²) < 4.78 is 4.33. The molecule has 0 aliphatic rings. The summed E-state index contributed by atoms with van der Waals surface area (Å²) >= 11 is 0. The average molecular weight is 117 g/mol. The first-order valence-corrected chi connectivity index (χ1v) is 2.15. The Morgan fingerprint density at radius 3 is 3.00 bits per heavy atom. The van der Waals surface area contributed by atoms with Crippen molar-refractivity contribution < 1.29 is 14.7 Å². The zero-order valence-electron chi connectivity index (χ0n) is 4.50. The number of oxime groups is 1. The maximum Gasteiger partial charge on any atom is 0.352 e. The molecule has 0 fully saturated rings. The average Bonchev–Trinajstić information content (AvgIpc) is 1.68. The molecule has 0 aromatic rings. The molecule has 0 atom stereocenters. The number of nitrogens with zero attached hydrogens (tertiary/aromatic N) is 1. The van der Waals surface area contributed by atoms with E-state index in [9.17, 15) is 4.79 Å². The van der Waals surface area contributed by atoms with E-state index in [2.05, 4.69) is 9.89 Å². The van der Waals surface area contributed by atoms with Crippen LogP contribution in [0, 0.1) is 0 Å². The van der Waals surface area contributed by atoms with Crippen LogP contribution in [0.5, 0.6) is 0 Å². The highest BCUT2D eigenvalue weighted by Gasteiger charge is 1.91. The number of hydrogen-bond donors (Lipinski definition) is 1. The maximum atomic E-state index is 10.1. The van der Waals surface area contributed by atoms with Crippen LogP contribution in [0.4, 0.5) is 0 Å². The first-order chi connectivity index (χ1) is 3.81. The van der Waals surface area contributed by atoms with Crippen molar-refractivity contribution in [2.75, 3.05) is 6.61 Å². The van der Waals surface area contributed by atoms with Crippen LogP contribution in [0.15, 0.2) is 5.16 Å². The third-order valence-electron chi connectivity index (χ3n) is 0.450. The summed E-state index contributed by atoms with van der Waals surface area (Å²) in [4.78, 5) is 10.1. The van der Waals surface area contributed by atoms with Crippen molar-refractivity contribution >= 4 is 12.2 Å². The molecule has 0 aliphatic heterocycles. The molecule has 0 radical (unpaired) electrons. The van der Waals surface area contributed by atoms with Crippen LogP contribution in [0.1, 0.15) is 6.92 Å². The minimum Gasteiger partial charge on any atom is -0.462 e.